The van der Waals surface area contributed by atoms with Gasteiger partial charge in [0.1, 0.15) is 12.3 Å². The van der Waals surface area contributed by atoms with Gasteiger partial charge in [0.2, 0.25) is 0 Å². The minimum Gasteiger partial charge on any atom is -0.462 e. The van der Waals surface area contributed by atoms with Crippen molar-refractivity contribution in [3.63, 3.8) is 0 Å². The fourth-order valence-electron chi connectivity index (χ4n) is 4.01. The summed E-state index contributed by atoms with van der Waals surface area (Å²) in [7, 11) is -4.05. The zero-order valence-corrected chi connectivity index (χ0v) is 20.8. The van der Waals surface area contributed by atoms with Gasteiger partial charge in [0.25, 0.3) is 5.56 Å². The lowest BCUT2D eigenvalue weighted by atomic mass is 10.0. The van der Waals surface area contributed by atoms with E-state index in [0.29, 0.717) is 11.2 Å². The van der Waals surface area contributed by atoms with E-state index in [1.807, 2.05) is 0 Å². The number of nitrogens with one attached hydrogen (secondary N) is 2. The zero-order chi connectivity index (χ0) is 25.9. The molecule has 192 valence electrons. The van der Waals surface area contributed by atoms with Gasteiger partial charge in [0.15, 0.2) is 11.2 Å². The third kappa shape index (κ3) is 5.73. The van der Waals surface area contributed by atoms with Crippen LogP contribution in [-0.2, 0) is 18.6 Å². The predicted octanol–water partition coefficient (Wildman–Crippen LogP) is 2.34. The number of esters is 1. The third-order valence-corrected chi connectivity index (χ3v) is 7.20. The van der Waals surface area contributed by atoms with Crippen LogP contribution in [-0.4, -0.2) is 56.0 Å². The number of carbonyl (C=O) groups is 1. The van der Waals surface area contributed by atoms with Crippen LogP contribution < -0.4 is 15.2 Å². The summed E-state index contributed by atoms with van der Waals surface area (Å²) in [6, 6.07) is 7.97. The van der Waals surface area contributed by atoms with Crippen molar-refractivity contribution in [2.75, 3.05) is 13.2 Å². The first-order valence-corrected chi connectivity index (χ1v) is 12.9. The van der Waals surface area contributed by atoms with Crippen molar-refractivity contribution < 1.29 is 28.3 Å². The number of benzene rings is 1. The molecule has 3 aromatic rings. The van der Waals surface area contributed by atoms with Crippen LogP contribution >= 0.6 is 7.75 Å². The Kier molecular flexibility index (Phi) is 7.70. The molecule has 0 saturated heterocycles. The van der Waals surface area contributed by atoms with Gasteiger partial charge in [-0.25, -0.2) is 19.6 Å². The number of hydrogen-bond acceptors (Lipinski definition) is 9. The summed E-state index contributed by atoms with van der Waals surface area (Å²) < 4.78 is 31.6. The molecule has 3 N–H and O–H groups in total. The van der Waals surface area contributed by atoms with Gasteiger partial charge in [0, 0.05) is 5.92 Å². The standard InChI is InChI=1S/C23H28N5O7P/c1-14(2)34-20(30)10-27-36(32,35-16-7-5-4-6-8-16)33-11-17-15(3)18(9-19(17)29)28-13-26-21-22(28)24-12-25-23(21)31/h4-8,12-14,17-19,29H,3,9-11H2,1-2H3,(H,27,32)(H,24,25,31)/t17-,18-,19-,36?/m0/s1. The molecule has 1 aliphatic rings. The molecule has 36 heavy (non-hydrogen) atoms. The van der Waals surface area contributed by atoms with Gasteiger partial charge in [0.05, 0.1) is 37.5 Å². The van der Waals surface area contributed by atoms with Gasteiger partial charge in [-0.05, 0) is 38.0 Å². The molecule has 1 aliphatic carbocycles. The smallest absolute Gasteiger partial charge is 0.459 e. The Morgan fingerprint density at radius 1 is 1.33 bits per heavy atom. The third-order valence-electron chi connectivity index (χ3n) is 5.71. The van der Waals surface area contributed by atoms with Crippen LogP contribution in [0.5, 0.6) is 5.75 Å². The normalized spacial score (nSPS) is 21.6. The van der Waals surface area contributed by atoms with Crippen LogP contribution in [0, 0.1) is 5.92 Å². The molecule has 1 saturated carbocycles. The molecule has 0 spiro atoms. The Morgan fingerprint density at radius 2 is 2.08 bits per heavy atom. The number of para-hydroxylation sites is 1. The van der Waals surface area contributed by atoms with Crippen molar-refractivity contribution in [3.05, 3.63) is 65.5 Å². The number of carbonyl (C=O) groups excluding carboxylic acids is 1. The van der Waals surface area contributed by atoms with Crippen LogP contribution in [0.2, 0.25) is 0 Å². The number of aliphatic hydroxyl groups excluding tert-OH is 1. The Morgan fingerprint density at radius 3 is 2.81 bits per heavy atom. The highest BCUT2D eigenvalue weighted by Crippen LogP contribution is 2.47. The average molecular weight is 517 g/mol. The number of H-pyrrole nitrogens is 1. The van der Waals surface area contributed by atoms with Crippen molar-refractivity contribution in [2.45, 2.75) is 38.5 Å². The van der Waals surface area contributed by atoms with E-state index in [0.717, 1.165) is 0 Å². The molecule has 2 aromatic heterocycles. The monoisotopic (exact) mass is 517 g/mol. The Bertz CT molecular complexity index is 1340. The van der Waals surface area contributed by atoms with Crippen LogP contribution in [0.1, 0.15) is 26.3 Å². The summed E-state index contributed by atoms with van der Waals surface area (Å²) in [5.41, 5.74) is 0.762. The number of hydrogen-bond donors (Lipinski definition) is 3. The second-order valence-corrected chi connectivity index (χ2v) is 10.4. The van der Waals surface area contributed by atoms with Crippen molar-refractivity contribution >= 4 is 24.9 Å². The van der Waals surface area contributed by atoms with Crippen molar-refractivity contribution in [3.8, 4) is 5.75 Å². The molecule has 1 aromatic carbocycles. The lowest BCUT2D eigenvalue weighted by Crippen LogP contribution is -2.28. The molecular weight excluding hydrogens is 489 g/mol. The quantitative estimate of drug-likeness (QED) is 0.207. The highest BCUT2D eigenvalue weighted by molar-refractivity contribution is 7.52. The Hall–Kier alpha value is -3.31. The first kappa shape index (κ1) is 25.8. The SMILES string of the molecule is C=C1[C@H](COP(=O)(NCC(=O)OC(C)C)Oc2ccccc2)[C@@H](O)C[C@@H]1n1cnc2c(=O)[nH]cnc21. The number of aromatic amines is 1. The highest BCUT2D eigenvalue weighted by atomic mass is 31.2. The second kappa shape index (κ2) is 10.8. The first-order chi connectivity index (χ1) is 17.2. The number of fused-ring (bicyclic) bond motifs is 1. The van der Waals surface area contributed by atoms with Crippen LogP contribution in [0.3, 0.4) is 0 Å². The molecule has 4 atom stereocenters. The van der Waals surface area contributed by atoms with Gasteiger partial charge in [-0.2, -0.15) is 0 Å². The molecule has 0 radical (unpaired) electrons. The summed E-state index contributed by atoms with van der Waals surface area (Å²) >= 11 is 0. The summed E-state index contributed by atoms with van der Waals surface area (Å²) in [5, 5.41) is 13.3. The van der Waals surface area contributed by atoms with Crippen molar-refractivity contribution in [1.82, 2.24) is 24.6 Å². The summed E-state index contributed by atoms with van der Waals surface area (Å²) in [6.45, 7) is 6.92. The largest absolute Gasteiger partial charge is 0.462 e. The lowest BCUT2D eigenvalue weighted by molar-refractivity contribution is -0.145. The van der Waals surface area contributed by atoms with Crippen LogP contribution in [0.25, 0.3) is 11.2 Å². The number of aromatic nitrogens is 4. The van der Waals surface area contributed by atoms with Gasteiger partial charge < -0.3 is 23.9 Å². The summed E-state index contributed by atoms with van der Waals surface area (Å²) in [6.07, 6.45) is 1.81. The molecule has 0 aliphatic heterocycles. The highest BCUT2D eigenvalue weighted by Gasteiger charge is 2.40. The number of aliphatic hydroxyl groups is 1. The van der Waals surface area contributed by atoms with E-state index in [1.165, 1.54) is 12.7 Å². The molecule has 1 unspecified atom stereocenters. The van der Waals surface area contributed by atoms with E-state index in [1.54, 1.807) is 48.7 Å². The number of nitrogens with zero attached hydrogens (tertiary/aromatic N) is 3. The average Bonchev–Trinajstić information content (AvgIpc) is 3.38. The molecule has 1 fully saturated rings. The molecule has 2 heterocycles. The van der Waals surface area contributed by atoms with Gasteiger partial charge in [-0.1, -0.05) is 24.8 Å². The van der Waals surface area contributed by atoms with E-state index in [-0.39, 0.29) is 36.0 Å². The van der Waals surface area contributed by atoms with Crippen LogP contribution in [0.15, 0.2) is 59.9 Å². The van der Waals surface area contributed by atoms with E-state index in [9.17, 15) is 19.3 Å². The van der Waals surface area contributed by atoms with E-state index in [4.69, 9.17) is 13.8 Å². The Labute approximate surface area is 206 Å². The number of ether oxygens (including phenoxy) is 1. The molecule has 12 nitrogen and oxygen atoms in total. The van der Waals surface area contributed by atoms with Gasteiger partial charge in [-0.15, -0.1) is 0 Å². The van der Waals surface area contributed by atoms with Gasteiger partial charge >= 0.3 is 13.7 Å². The van der Waals surface area contributed by atoms with E-state index >= 15 is 0 Å². The lowest BCUT2D eigenvalue weighted by Gasteiger charge is -2.23. The molecule has 0 bridgehead atoms. The fourth-order valence-corrected chi connectivity index (χ4v) is 5.30. The predicted molar refractivity (Wildman–Crippen MR) is 130 cm³/mol. The molecule has 4 rings (SSSR count). The summed E-state index contributed by atoms with van der Waals surface area (Å²) in [5.74, 6) is -0.952. The minimum atomic E-state index is -4.05. The van der Waals surface area contributed by atoms with Crippen molar-refractivity contribution in [2.24, 2.45) is 5.92 Å². The van der Waals surface area contributed by atoms with Gasteiger partial charge in [-0.3, -0.25) is 14.1 Å². The maximum atomic E-state index is 13.5. The maximum absolute atomic E-state index is 13.5. The van der Waals surface area contributed by atoms with E-state index in [2.05, 4.69) is 26.6 Å². The summed E-state index contributed by atoms with van der Waals surface area (Å²) in [4.78, 5) is 34.8. The van der Waals surface area contributed by atoms with Crippen molar-refractivity contribution in [1.29, 1.82) is 0 Å². The zero-order valence-electron chi connectivity index (χ0n) is 19.9. The maximum Gasteiger partial charge on any atom is 0.459 e. The second-order valence-electron chi connectivity index (χ2n) is 8.63. The van der Waals surface area contributed by atoms with E-state index < -0.39 is 38.3 Å². The topological polar surface area (TPSA) is 158 Å². The molecular formula is C23H28N5O7P. The Balaban J connectivity index is 1.49. The number of rotatable bonds is 10. The molecule has 13 heteroatoms. The fraction of sp³-hybridized carbons (Fsp3) is 0.391. The van der Waals surface area contributed by atoms with Crippen LogP contribution in [0.4, 0.5) is 0 Å². The molecule has 0 amide bonds. The first-order valence-electron chi connectivity index (χ1n) is 11.4. The minimum absolute atomic E-state index is 0.178. The number of imidazole rings is 1.